The van der Waals surface area contributed by atoms with Crippen molar-refractivity contribution in [1.82, 2.24) is 0 Å². The van der Waals surface area contributed by atoms with Crippen LogP contribution in [-0.4, -0.2) is 16.3 Å². The summed E-state index contributed by atoms with van der Waals surface area (Å²) in [4.78, 5) is 11.8. The monoisotopic (exact) mass is 216 g/mol. The van der Waals surface area contributed by atoms with Gasteiger partial charge in [-0.05, 0) is 19.1 Å². The van der Waals surface area contributed by atoms with Crippen LogP contribution >= 0.6 is 24.2 Å². The Bertz CT molecular complexity index is 336. The molecule has 1 rings (SSSR count). The number of ketones is 1. The van der Waals surface area contributed by atoms with Crippen molar-refractivity contribution in [1.29, 1.82) is 0 Å². The molecule has 0 aliphatic heterocycles. The van der Waals surface area contributed by atoms with Crippen LogP contribution in [0.2, 0.25) is 0 Å². The van der Waals surface area contributed by atoms with Crippen LogP contribution < -0.4 is 0 Å². The summed E-state index contributed by atoms with van der Waals surface area (Å²) in [7, 11) is 0. The molecular weight excluding hydrogens is 208 g/mol. The average Bonchev–Trinajstić information content (AvgIpc) is 2.08. The third-order valence-electron chi connectivity index (χ3n) is 1.64. The van der Waals surface area contributed by atoms with Gasteiger partial charge in [0.05, 0.1) is 10.9 Å². The maximum absolute atomic E-state index is 11.4. The average molecular weight is 217 g/mol. The van der Waals surface area contributed by atoms with E-state index in [1.54, 1.807) is 19.1 Å². The summed E-state index contributed by atoms with van der Waals surface area (Å²) in [5, 5.41) is 8.82. The van der Waals surface area contributed by atoms with Gasteiger partial charge in [-0.2, -0.15) is 0 Å². The fraction of sp³-hybridized carbons (Fsp3) is 0.222. The van der Waals surface area contributed by atoms with Crippen molar-refractivity contribution in [3.8, 4) is 5.75 Å². The van der Waals surface area contributed by atoms with E-state index in [0.29, 0.717) is 4.90 Å². The molecule has 1 aromatic carbocycles. The van der Waals surface area contributed by atoms with Crippen molar-refractivity contribution in [3.05, 3.63) is 23.8 Å². The molecule has 13 heavy (non-hydrogen) atoms. The number of phenols is 1. The maximum Gasteiger partial charge on any atom is 0.184 e. The Hall–Kier alpha value is -0.670. The molecule has 0 aliphatic carbocycles. The molecule has 1 aromatic rings. The highest BCUT2D eigenvalue weighted by atomic mass is 35.5. The summed E-state index contributed by atoms with van der Waals surface area (Å²) in [6, 6.07) is 4.78. The molecule has 0 amide bonds. The number of carbonyl (C=O) groups excluding carboxylic acids is 1. The molecule has 0 bridgehead atoms. The molecule has 70 valence electrons. The van der Waals surface area contributed by atoms with Crippen LogP contribution in [0.5, 0.6) is 5.75 Å². The molecule has 1 unspecified atom stereocenters. The van der Waals surface area contributed by atoms with Gasteiger partial charge in [0.1, 0.15) is 5.75 Å². The molecule has 1 N–H and O–H groups in total. The van der Waals surface area contributed by atoms with Crippen LogP contribution in [0.4, 0.5) is 0 Å². The summed E-state index contributed by atoms with van der Waals surface area (Å²) in [5.41, 5.74) is 0.218. The summed E-state index contributed by atoms with van der Waals surface area (Å²) < 4.78 is 0. The first-order valence-electron chi connectivity index (χ1n) is 3.73. The van der Waals surface area contributed by atoms with Gasteiger partial charge in [0.2, 0.25) is 0 Å². The van der Waals surface area contributed by atoms with Gasteiger partial charge in [0.25, 0.3) is 0 Å². The number of carbonyl (C=O) groups is 1. The van der Waals surface area contributed by atoms with Crippen molar-refractivity contribution in [2.24, 2.45) is 0 Å². The van der Waals surface area contributed by atoms with E-state index in [-0.39, 0.29) is 17.1 Å². The molecule has 0 aliphatic rings. The molecule has 0 aromatic heterocycles. The SMILES string of the molecule is CC(Cl)C(=O)c1cccc(S)c1O. The second-order valence-electron chi connectivity index (χ2n) is 2.65. The molecule has 0 saturated carbocycles. The maximum atomic E-state index is 11.4. The van der Waals surface area contributed by atoms with E-state index in [1.807, 2.05) is 0 Å². The number of aromatic hydroxyl groups is 1. The van der Waals surface area contributed by atoms with Crippen molar-refractivity contribution in [2.75, 3.05) is 0 Å². The van der Waals surface area contributed by atoms with Crippen LogP contribution in [0.15, 0.2) is 23.1 Å². The predicted octanol–water partition coefficient (Wildman–Crippen LogP) is 2.49. The fourth-order valence-electron chi connectivity index (χ4n) is 0.944. The van der Waals surface area contributed by atoms with E-state index in [1.165, 1.54) is 6.07 Å². The molecule has 0 saturated heterocycles. The Balaban J connectivity index is 3.15. The molecule has 0 fully saturated rings. The number of thiol groups is 1. The number of halogens is 1. The highest BCUT2D eigenvalue weighted by molar-refractivity contribution is 7.80. The van der Waals surface area contributed by atoms with Crippen LogP contribution in [0.3, 0.4) is 0 Å². The number of phenolic OH excluding ortho intramolecular Hbond substituents is 1. The van der Waals surface area contributed by atoms with Gasteiger partial charge in [0, 0.05) is 4.90 Å². The Kier molecular flexibility index (Phi) is 3.22. The fourth-order valence-corrected chi connectivity index (χ4v) is 1.27. The number of hydrogen-bond acceptors (Lipinski definition) is 3. The molecule has 0 radical (unpaired) electrons. The first kappa shape index (κ1) is 10.4. The lowest BCUT2D eigenvalue weighted by Gasteiger charge is -2.06. The second-order valence-corrected chi connectivity index (χ2v) is 3.79. The number of Topliss-reactive ketones (excluding diaryl/α,β-unsaturated/α-hetero) is 1. The normalized spacial score (nSPS) is 12.5. The first-order chi connectivity index (χ1) is 6.04. The highest BCUT2D eigenvalue weighted by Gasteiger charge is 2.16. The van der Waals surface area contributed by atoms with Crippen molar-refractivity contribution in [2.45, 2.75) is 17.2 Å². The lowest BCUT2D eigenvalue weighted by atomic mass is 10.1. The Morgan fingerprint density at radius 2 is 2.23 bits per heavy atom. The summed E-state index contributed by atoms with van der Waals surface area (Å²) in [5.74, 6) is -0.404. The molecule has 4 heteroatoms. The van der Waals surface area contributed by atoms with E-state index in [9.17, 15) is 9.90 Å². The summed E-state index contributed by atoms with van der Waals surface area (Å²) in [6.07, 6.45) is 0. The van der Waals surface area contributed by atoms with Crippen molar-refractivity contribution in [3.63, 3.8) is 0 Å². The van der Waals surface area contributed by atoms with Gasteiger partial charge in [-0.15, -0.1) is 24.2 Å². The minimum absolute atomic E-state index is 0.108. The topological polar surface area (TPSA) is 37.3 Å². The zero-order chi connectivity index (χ0) is 10.0. The van der Waals surface area contributed by atoms with Crippen LogP contribution in [0.25, 0.3) is 0 Å². The van der Waals surface area contributed by atoms with E-state index in [2.05, 4.69) is 12.6 Å². The molecule has 0 spiro atoms. The number of rotatable bonds is 2. The van der Waals surface area contributed by atoms with Gasteiger partial charge < -0.3 is 5.11 Å². The Labute approximate surface area is 86.9 Å². The van der Waals surface area contributed by atoms with Crippen LogP contribution in [0, 0.1) is 0 Å². The molecule has 0 heterocycles. The minimum atomic E-state index is -0.638. The number of hydrogen-bond donors (Lipinski definition) is 2. The van der Waals surface area contributed by atoms with Crippen LogP contribution in [0.1, 0.15) is 17.3 Å². The molecule has 2 nitrogen and oxygen atoms in total. The van der Waals surface area contributed by atoms with Gasteiger partial charge in [-0.25, -0.2) is 0 Å². The zero-order valence-corrected chi connectivity index (χ0v) is 8.64. The summed E-state index contributed by atoms with van der Waals surface area (Å²) in [6.45, 7) is 1.56. The van der Waals surface area contributed by atoms with Gasteiger partial charge >= 0.3 is 0 Å². The third kappa shape index (κ3) is 2.17. The van der Waals surface area contributed by atoms with Gasteiger partial charge in [-0.3, -0.25) is 4.79 Å². The van der Waals surface area contributed by atoms with Crippen molar-refractivity contribution < 1.29 is 9.90 Å². The standard InChI is InChI=1S/C9H9ClO2S/c1-5(10)8(11)6-3-2-4-7(13)9(6)12/h2-5,12-13H,1H3. The number of benzene rings is 1. The van der Waals surface area contributed by atoms with Gasteiger partial charge in [-0.1, -0.05) is 6.07 Å². The number of alkyl halides is 1. The lowest BCUT2D eigenvalue weighted by molar-refractivity contribution is 0.0989. The van der Waals surface area contributed by atoms with Crippen LogP contribution in [-0.2, 0) is 0 Å². The van der Waals surface area contributed by atoms with E-state index in [4.69, 9.17) is 11.6 Å². The highest BCUT2D eigenvalue weighted by Crippen LogP contribution is 2.26. The largest absolute Gasteiger partial charge is 0.506 e. The van der Waals surface area contributed by atoms with E-state index >= 15 is 0 Å². The third-order valence-corrected chi connectivity index (χ3v) is 2.20. The van der Waals surface area contributed by atoms with Crippen molar-refractivity contribution >= 4 is 30.0 Å². The zero-order valence-electron chi connectivity index (χ0n) is 6.99. The molecular formula is C9H9ClO2S. The smallest absolute Gasteiger partial charge is 0.184 e. The first-order valence-corrected chi connectivity index (χ1v) is 4.61. The number of para-hydroxylation sites is 1. The van der Waals surface area contributed by atoms with E-state index < -0.39 is 5.38 Å². The van der Waals surface area contributed by atoms with E-state index in [0.717, 1.165) is 0 Å². The minimum Gasteiger partial charge on any atom is -0.506 e. The predicted molar refractivity (Wildman–Crippen MR) is 55.0 cm³/mol. The quantitative estimate of drug-likeness (QED) is 0.453. The second kappa shape index (κ2) is 4.03. The Morgan fingerprint density at radius 3 is 2.77 bits per heavy atom. The summed E-state index contributed by atoms with van der Waals surface area (Å²) >= 11 is 9.59. The lowest BCUT2D eigenvalue weighted by Crippen LogP contribution is -2.10. The van der Waals surface area contributed by atoms with Gasteiger partial charge in [0.15, 0.2) is 5.78 Å². The molecule has 1 atom stereocenters. The Morgan fingerprint density at radius 1 is 1.62 bits per heavy atom.